The van der Waals surface area contributed by atoms with Crippen molar-refractivity contribution in [2.24, 2.45) is 0 Å². The second-order valence-electron chi connectivity index (χ2n) is 7.47. The molecule has 0 radical (unpaired) electrons. The molecule has 0 saturated heterocycles. The summed E-state index contributed by atoms with van der Waals surface area (Å²) in [5, 5.41) is 10.6. The van der Waals surface area contributed by atoms with Crippen LogP contribution in [0.2, 0.25) is 10.0 Å². The van der Waals surface area contributed by atoms with Crippen molar-refractivity contribution in [3.63, 3.8) is 0 Å². The molecule has 0 atom stereocenters. The minimum atomic E-state index is 0.0216. The summed E-state index contributed by atoms with van der Waals surface area (Å²) >= 11 is 13.5. The number of benzene rings is 2. The molecule has 1 fully saturated rings. The minimum absolute atomic E-state index is 0.0216. The van der Waals surface area contributed by atoms with Crippen LogP contribution >= 0.6 is 35.0 Å². The van der Waals surface area contributed by atoms with E-state index in [1.165, 1.54) is 17.3 Å². The second kappa shape index (κ2) is 9.41. The topological polar surface area (TPSA) is 51.0 Å². The number of carbonyl (C=O) groups is 1. The van der Waals surface area contributed by atoms with E-state index in [1.54, 1.807) is 24.1 Å². The van der Waals surface area contributed by atoms with Gasteiger partial charge in [0.05, 0.1) is 22.3 Å². The standard InChI is InChI=1S/C22H22Cl2N4OS/c1-27(12-16-7-10-18(23)19(24)11-16)20(29)14-30-22-26-25-21(17-8-9-17)28(22)13-15-5-3-2-4-6-15/h2-7,10-11,17H,8-9,12-14H2,1H3. The zero-order valence-corrected chi connectivity index (χ0v) is 18.9. The van der Waals surface area contributed by atoms with Crippen LogP contribution in [0.4, 0.5) is 0 Å². The van der Waals surface area contributed by atoms with Crippen LogP contribution in [0.25, 0.3) is 0 Å². The van der Waals surface area contributed by atoms with Gasteiger partial charge < -0.3 is 9.47 Å². The zero-order valence-electron chi connectivity index (χ0n) is 16.6. The smallest absolute Gasteiger partial charge is 0.233 e. The third kappa shape index (κ3) is 5.17. The molecule has 0 bridgehead atoms. The molecule has 3 aromatic rings. The van der Waals surface area contributed by atoms with Crippen LogP contribution in [0.3, 0.4) is 0 Å². The van der Waals surface area contributed by atoms with Gasteiger partial charge in [0.15, 0.2) is 5.16 Å². The first-order valence-corrected chi connectivity index (χ1v) is 11.5. The molecule has 4 rings (SSSR count). The molecule has 1 aliphatic carbocycles. The van der Waals surface area contributed by atoms with Crippen molar-refractivity contribution in [2.75, 3.05) is 12.8 Å². The number of thioether (sulfide) groups is 1. The molecule has 1 heterocycles. The first-order chi connectivity index (χ1) is 14.5. The maximum atomic E-state index is 12.7. The molecule has 1 saturated carbocycles. The molecule has 2 aromatic carbocycles. The van der Waals surface area contributed by atoms with E-state index in [0.29, 0.717) is 28.3 Å². The minimum Gasteiger partial charge on any atom is -0.341 e. The van der Waals surface area contributed by atoms with Gasteiger partial charge >= 0.3 is 0 Å². The van der Waals surface area contributed by atoms with Gasteiger partial charge in [0.1, 0.15) is 5.82 Å². The van der Waals surface area contributed by atoms with E-state index in [2.05, 4.69) is 26.9 Å². The van der Waals surface area contributed by atoms with E-state index < -0.39 is 0 Å². The molecule has 8 heteroatoms. The van der Waals surface area contributed by atoms with Gasteiger partial charge in [0, 0.05) is 19.5 Å². The highest BCUT2D eigenvalue weighted by molar-refractivity contribution is 7.99. The van der Waals surface area contributed by atoms with Crippen molar-refractivity contribution in [3.05, 3.63) is 75.5 Å². The van der Waals surface area contributed by atoms with Crippen LogP contribution in [-0.4, -0.2) is 38.4 Å². The van der Waals surface area contributed by atoms with Crippen LogP contribution in [0.15, 0.2) is 53.7 Å². The second-order valence-corrected chi connectivity index (χ2v) is 9.23. The van der Waals surface area contributed by atoms with E-state index in [0.717, 1.165) is 35.9 Å². The SMILES string of the molecule is CN(Cc1ccc(Cl)c(Cl)c1)C(=O)CSc1nnc(C2CC2)n1Cc1ccccc1. The summed E-state index contributed by atoms with van der Waals surface area (Å²) in [6, 6.07) is 15.7. The summed E-state index contributed by atoms with van der Waals surface area (Å²) < 4.78 is 2.16. The Labute approximate surface area is 190 Å². The molecule has 0 unspecified atom stereocenters. The lowest BCUT2D eigenvalue weighted by molar-refractivity contribution is -0.127. The van der Waals surface area contributed by atoms with Crippen LogP contribution in [-0.2, 0) is 17.9 Å². The summed E-state index contributed by atoms with van der Waals surface area (Å²) in [6.07, 6.45) is 2.31. The average Bonchev–Trinajstić information content (AvgIpc) is 3.51. The summed E-state index contributed by atoms with van der Waals surface area (Å²) in [5.41, 5.74) is 2.14. The van der Waals surface area contributed by atoms with Crippen molar-refractivity contribution in [2.45, 2.75) is 37.0 Å². The lowest BCUT2D eigenvalue weighted by atomic mass is 10.2. The molecule has 156 valence electrons. The lowest BCUT2D eigenvalue weighted by Crippen LogP contribution is -2.28. The summed E-state index contributed by atoms with van der Waals surface area (Å²) in [4.78, 5) is 14.4. The summed E-state index contributed by atoms with van der Waals surface area (Å²) in [6.45, 7) is 1.19. The Bertz CT molecular complexity index is 1040. The van der Waals surface area contributed by atoms with E-state index in [-0.39, 0.29) is 5.91 Å². The van der Waals surface area contributed by atoms with E-state index >= 15 is 0 Å². The summed E-state index contributed by atoms with van der Waals surface area (Å²) in [7, 11) is 1.79. The maximum absolute atomic E-state index is 12.7. The molecule has 1 aromatic heterocycles. The van der Waals surface area contributed by atoms with Gasteiger partial charge in [-0.05, 0) is 36.1 Å². The zero-order chi connectivity index (χ0) is 21.1. The Balaban J connectivity index is 1.41. The third-order valence-electron chi connectivity index (χ3n) is 5.03. The number of hydrogen-bond donors (Lipinski definition) is 0. The molecule has 5 nitrogen and oxygen atoms in total. The number of carbonyl (C=O) groups excluding carboxylic acids is 1. The molecule has 0 N–H and O–H groups in total. The third-order valence-corrected chi connectivity index (χ3v) is 6.72. The highest BCUT2D eigenvalue weighted by atomic mass is 35.5. The fourth-order valence-corrected chi connectivity index (χ4v) is 4.41. The van der Waals surface area contributed by atoms with E-state index in [1.807, 2.05) is 24.3 Å². The number of halogens is 2. The molecular formula is C22H22Cl2N4OS. The van der Waals surface area contributed by atoms with Crippen molar-refractivity contribution in [1.29, 1.82) is 0 Å². The van der Waals surface area contributed by atoms with Gasteiger partial charge in [0.2, 0.25) is 5.91 Å². The monoisotopic (exact) mass is 460 g/mol. The Morgan fingerprint density at radius 1 is 1.10 bits per heavy atom. The molecule has 0 aliphatic heterocycles. The summed E-state index contributed by atoms with van der Waals surface area (Å²) in [5.74, 6) is 1.84. The lowest BCUT2D eigenvalue weighted by Gasteiger charge is -2.17. The van der Waals surface area contributed by atoms with E-state index in [9.17, 15) is 4.79 Å². The normalized spacial score (nSPS) is 13.4. The van der Waals surface area contributed by atoms with Crippen LogP contribution < -0.4 is 0 Å². The van der Waals surface area contributed by atoms with E-state index in [4.69, 9.17) is 23.2 Å². The Morgan fingerprint density at radius 2 is 1.87 bits per heavy atom. The highest BCUT2D eigenvalue weighted by Crippen LogP contribution is 2.40. The Hall–Kier alpha value is -2.02. The molecule has 0 spiro atoms. The fraction of sp³-hybridized carbons (Fsp3) is 0.318. The maximum Gasteiger partial charge on any atom is 0.233 e. The molecule has 1 amide bonds. The number of amides is 1. The fourth-order valence-electron chi connectivity index (χ4n) is 3.20. The van der Waals surface area contributed by atoms with Gasteiger partial charge in [-0.1, -0.05) is 71.4 Å². The number of nitrogens with zero attached hydrogens (tertiary/aromatic N) is 4. The highest BCUT2D eigenvalue weighted by Gasteiger charge is 2.30. The van der Waals surface area contributed by atoms with Crippen LogP contribution in [0.5, 0.6) is 0 Å². The van der Waals surface area contributed by atoms with Gasteiger partial charge in [-0.2, -0.15) is 0 Å². The predicted molar refractivity (Wildman–Crippen MR) is 121 cm³/mol. The van der Waals surface area contributed by atoms with Crippen molar-refractivity contribution in [3.8, 4) is 0 Å². The molecule has 30 heavy (non-hydrogen) atoms. The Morgan fingerprint density at radius 3 is 2.57 bits per heavy atom. The first-order valence-electron chi connectivity index (χ1n) is 9.79. The predicted octanol–water partition coefficient (Wildman–Crippen LogP) is 5.26. The quantitative estimate of drug-likeness (QED) is 0.430. The van der Waals surface area contributed by atoms with Gasteiger partial charge in [-0.3, -0.25) is 4.79 Å². The van der Waals surface area contributed by atoms with Gasteiger partial charge in [-0.15, -0.1) is 10.2 Å². The van der Waals surface area contributed by atoms with Crippen molar-refractivity contribution in [1.82, 2.24) is 19.7 Å². The van der Waals surface area contributed by atoms with Gasteiger partial charge in [-0.25, -0.2) is 0 Å². The van der Waals surface area contributed by atoms with Gasteiger partial charge in [0.25, 0.3) is 0 Å². The van der Waals surface area contributed by atoms with Crippen molar-refractivity contribution < 1.29 is 4.79 Å². The number of rotatable bonds is 8. The van der Waals surface area contributed by atoms with Crippen molar-refractivity contribution >= 4 is 40.9 Å². The number of aromatic nitrogens is 3. The average molecular weight is 461 g/mol. The molecule has 1 aliphatic rings. The molecular weight excluding hydrogens is 439 g/mol. The Kier molecular flexibility index (Phi) is 6.66. The largest absolute Gasteiger partial charge is 0.341 e. The number of hydrogen-bond acceptors (Lipinski definition) is 4. The van der Waals surface area contributed by atoms with Crippen LogP contribution in [0, 0.1) is 0 Å². The van der Waals surface area contributed by atoms with Crippen LogP contribution in [0.1, 0.15) is 35.7 Å². The first kappa shape index (κ1) is 21.2.